The third-order valence-electron chi connectivity index (χ3n) is 3.73. The van der Waals surface area contributed by atoms with Gasteiger partial charge in [-0.15, -0.1) is 11.3 Å². The number of hydrogen-bond acceptors (Lipinski definition) is 6. The van der Waals surface area contributed by atoms with Crippen LogP contribution in [0.4, 0.5) is 5.13 Å². The van der Waals surface area contributed by atoms with Crippen LogP contribution in [0.5, 0.6) is 0 Å². The molecule has 2 amide bonds. The van der Waals surface area contributed by atoms with Gasteiger partial charge in [0.25, 0.3) is 5.91 Å². The van der Waals surface area contributed by atoms with Gasteiger partial charge in [-0.1, -0.05) is 18.2 Å². The summed E-state index contributed by atoms with van der Waals surface area (Å²) < 4.78 is 5.32. The van der Waals surface area contributed by atoms with E-state index in [0.717, 1.165) is 38.5 Å². The van der Waals surface area contributed by atoms with Crippen LogP contribution in [-0.2, 0) is 16.1 Å². The lowest BCUT2D eigenvalue weighted by Crippen LogP contribution is -2.35. The molecule has 7 nitrogen and oxygen atoms in total. The molecule has 0 bridgehead atoms. The van der Waals surface area contributed by atoms with E-state index < -0.39 is 0 Å². The molecule has 3 rings (SSSR count). The summed E-state index contributed by atoms with van der Waals surface area (Å²) in [4.78, 5) is 30.6. The van der Waals surface area contributed by atoms with Crippen LogP contribution in [0.15, 0.2) is 35.7 Å². The molecule has 2 heterocycles. The standard InChI is InChI=1S/C17H20N4O3S/c22-15(10-18-16(23)13-4-2-1-3-5-13)20-17-19-14(12-25-17)11-21-6-8-24-9-7-21/h1-5,12H,6-11H2,(H,18,23)(H,19,20,22). The molecular formula is C17H20N4O3S. The molecule has 0 spiro atoms. The minimum atomic E-state index is -0.295. The molecule has 1 saturated heterocycles. The highest BCUT2D eigenvalue weighted by molar-refractivity contribution is 7.13. The molecule has 1 fully saturated rings. The van der Waals surface area contributed by atoms with Gasteiger partial charge < -0.3 is 15.4 Å². The predicted molar refractivity (Wildman–Crippen MR) is 95.6 cm³/mol. The Kier molecular flexibility index (Phi) is 6.10. The fraction of sp³-hybridized carbons (Fsp3) is 0.353. The summed E-state index contributed by atoms with van der Waals surface area (Å²) in [6.45, 7) is 3.94. The number of nitrogens with zero attached hydrogens (tertiary/aromatic N) is 2. The number of ether oxygens (including phenoxy) is 1. The van der Waals surface area contributed by atoms with E-state index in [2.05, 4.69) is 20.5 Å². The van der Waals surface area contributed by atoms with Crippen LogP contribution in [0.25, 0.3) is 0 Å². The first-order valence-electron chi connectivity index (χ1n) is 8.08. The molecule has 0 saturated carbocycles. The third-order valence-corrected chi connectivity index (χ3v) is 4.54. The van der Waals surface area contributed by atoms with Gasteiger partial charge in [0.15, 0.2) is 5.13 Å². The highest BCUT2D eigenvalue weighted by Gasteiger charge is 2.14. The van der Waals surface area contributed by atoms with Crippen molar-refractivity contribution in [1.29, 1.82) is 0 Å². The van der Waals surface area contributed by atoms with Crippen LogP contribution >= 0.6 is 11.3 Å². The Morgan fingerprint density at radius 2 is 1.96 bits per heavy atom. The van der Waals surface area contributed by atoms with Crippen LogP contribution in [-0.4, -0.2) is 54.5 Å². The van der Waals surface area contributed by atoms with E-state index in [1.807, 2.05) is 11.4 Å². The fourth-order valence-corrected chi connectivity index (χ4v) is 3.16. The largest absolute Gasteiger partial charge is 0.379 e. The van der Waals surface area contributed by atoms with Crippen molar-refractivity contribution in [3.63, 3.8) is 0 Å². The fourth-order valence-electron chi connectivity index (χ4n) is 2.44. The third kappa shape index (κ3) is 5.35. The number of carbonyl (C=O) groups is 2. The second-order valence-electron chi connectivity index (χ2n) is 5.63. The summed E-state index contributed by atoms with van der Waals surface area (Å²) in [5.74, 6) is -0.570. The molecule has 1 aliphatic heterocycles. The number of amides is 2. The lowest BCUT2D eigenvalue weighted by atomic mass is 10.2. The molecule has 2 N–H and O–H groups in total. The second-order valence-corrected chi connectivity index (χ2v) is 6.49. The summed E-state index contributed by atoms with van der Waals surface area (Å²) in [5, 5.41) is 7.79. The molecule has 0 atom stereocenters. The Hall–Kier alpha value is -2.29. The van der Waals surface area contributed by atoms with Gasteiger partial charge in [0.1, 0.15) is 0 Å². The van der Waals surface area contributed by atoms with Gasteiger partial charge in [-0.25, -0.2) is 4.98 Å². The number of hydrogen-bond donors (Lipinski definition) is 2. The summed E-state index contributed by atoms with van der Waals surface area (Å²) in [5.41, 5.74) is 1.45. The molecular weight excluding hydrogens is 340 g/mol. The number of rotatable bonds is 6. The van der Waals surface area contributed by atoms with Crippen LogP contribution < -0.4 is 10.6 Å². The molecule has 1 aliphatic rings. The van der Waals surface area contributed by atoms with Gasteiger partial charge in [-0.05, 0) is 12.1 Å². The summed E-state index contributed by atoms with van der Waals surface area (Å²) in [6, 6.07) is 8.79. The maximum Gasteiger partial charge on any atom is 0.251 e. The molecule has 0 aliphatic carbocycles. The van der Waals surface area contributed by atoms with Crippen LogP contribution in [0, 0.1) is 0 Å². The minimum Gasteiger partial charge on any atom is -0.379 e. The van der Waals surface area contributed by atoms with E-state index >= 15 is 0 Å². The van der Waals surface area contributed by atoms with Crippen molar-refractivity contribution in [3.8, 4) is 0 Å². The topological polar surface area (TPSA) is 83.6 Å². The van der Waals surface area contributed by atoms with Gasteiger partial charge >= 0.3 is 0 Å². The number of carbonyl (C=O) groups excluding carboxylic acids is 2. The Labute approximate surface area is 150 Å². The average molecular weight is 360 g/mol. The Morgan fingerprint density at radius 1 is 1.20 bits per heavy atom. The highest BCUT2D eigenvalue weighted by Crippen LogP contribution is 2.17. The molecule has 0 unspecified atom stereocenters. The predicted octanol–water partition coefficient (Wildman–Crippen LogP) is 1.34. The molecule has 0 radical (unpaired) electrons. The zero-order valence-electron chi connectivity index (χ0n) is 13.7. The van der Waals surface area contributed by atoms with Crippen molar-refractivity contribution in [1.82, 2.24) is 15.2 Å². The Bertz CT molecular complexity index is 714. The Morgan fingerprint density at radius 3 is 2.72 bits per heavy atom. The van der Waals surface area contributed by atoms with E-state index in [9.17, 15) is 9.59 Å². The van der Waals surface area contributed by atoms with Crippen LogP contribution in [0.1, 0.15) is 16.1 Å². The van der Waals surface area contributed by atoms with Crippen molar-refractivity contribution in [2.24, 2.45) is 0 Å². The number of morpholine rings is 1. The SMILES string of the molecule is O=C(CNC(=O)c1ccccc1)Nc1nc(CN2CCOCC2)cs1. The smallest absolute Gasteiger partial charge is 0.251 e. The molecule has 1 aromatic heterocycles. The summed E-state index contributed by atoms with van der Waals surface area (Å²) in [7, 11) is 0. The first-order valence-corrected chi connectivity index (χ1v) is 8.96. The summed E-state index contributed by atoms with van der Waals surface area (Å²) >= 11 is 1.38. The zero-order chi connectivity index (χ0) is 17.5. The van der Waals surface area contributed by atoms with Crippen molar-refractivity contribution < 1.29 is 14.3 Å². The maximum atomic E-state index is 12.0. The normalized spacial score (nSPS) is 14.9. The molecule has 132 valence electrons. The lowest BCUT2D eigenvalue weighted by molar-refractivity contribution is -0.115. The molecule has 1 aromatic carbocycles. The van der Waals surface area contributed by atoms with Crippen molar-refractivity contribution in [2.45, 2.75) is 6.54 Å². The van der Waals surface area contributed by atoms with Crippen molar-refractivity contribution in [3.05, 3.63) is 47.0 Å². The monoisotopic (exact) mass is 360 g/mol. The summed E-state index contributed by atoms with van der Waals surface area (Å²) in [6.07, 6.45) is 0. The van der Waals surface area contributed by atoms with Gasteiger partial charge in [0, 0.05) is 30.6 Å². The van der Waals surface area contributed by atoms with Crippen molar-refractivity contribution >= 4 is 28.3 Å². The first kappa shape index (κ1) is 17.5. The first-order chi connectivity index (χ1) is 12.2. The maximum absolute atomic E-state index is 12.0. The van der Waals surface area contributed by atoms with E-state index in [-0.39, 0.29) is 18.4 Å². The Balaban J connectivity index is 1.44. The zero-order valence-corrected chi connectivity index (χ0v) is 14.6. The number of benzene rings is 1. The minimum absolute atomic E-state index is 0.0912. The molecule has 25 heavy (non-hydrogen) atoms. The van der Waals surface area contributed by atoms with Crippen molar-refractivity contribution in [2.75, 3.05) is 38.2 Å². The van der Waals surface area contributed by atoms with E-state index in [1.54, 1.807) is 24.3 Å². The van der Waals surface area contributed by atoms with E-state index in [0.29, 0.717) is 10.7 Å². The van der Waals surface area contributed by atoms with Gasteiger partial charge in [-0.2, -0.15) is 0 Å². The number of aromatic nitrogens is 1. The van der Waals surface area contributed by atoms with E-state index in [1.165, 1.54) is 11.3 Å². The lowest BCUT2D eigenvalue weighted by Gasteiger charge is -2.25. The quantitative estimate of drug-likeness (QED) is 0.812. The average Bonchev–Trinajstić information content (AvgIpc) is 3.08. The molecule has 2 aromatic rings. The van der Waals surface area contributed by atoms with Crippen LogP contribution in [0.2, 0.25) is 0 Å². The van der Waals surface area contributed by atoms with E-state index in [4.69, 9.17) is 4.74 Å². The van der Waals surface area contributed by atoms with Gasteiger partial charge in [0.2, 0.25) is 5.91 Å². The van der Waals surface area contributed by atoms with Gasteiger partial charge in [0.05, 0.1) is 25.5 Å². The van der Waals surface area contributed by atoms with Gasteiger partial charge in [-0.3, -0.25) is 14.5 Å². The van der Waals surface area contributed by atoms with Crippen LogP contribution in [0.3, 0.4) is 0 Å². The number of thiazole rings is 1. The number of anilines is 1. The number of nitrogens with one attached hydrogen (secondary N) is 2. The second kappa shape index (κ2) is 8.70. The highest BCUT2D eigenvalue weighted by atomic mass is 32.1. The molecule has 8 heteroatoms.